The molecule has 1 aromatic carbocycles. The second kappa shape index (κ2) is 6.89. The molecule has 2 aliphatic heterocycles. The van der Waals surface area contributed by atoms with E-state index in [0.717, 1.165) is 33.9 Å². The predicted molar refractivity (Wildman–Crippen MR) is 110 cm³/mol. The Labute approximate surface area is 174 Å². The molecule has 0 amide bonds. The Bertz CT molecular complexity index is 1190. The molecule has 2 unspecified atom stereocenters. The number of aromatic nitrogens is 4. The van der Waals surface area contributed by atoms with E-state index in [1.54, 1.807) is 24.0 Å². The minimum atomic E-state index is -0.230. The maximum atomic E-state index is 14.2. The number of nitrogens with one attached hydrogen (secondary N) is 1. The van der Waals surface area contributed by atoms with Crippen molar-refractivity contribution in [2.24, 2.45) is 7.05 Å². The predicted octanol–water partition coefficient (Wildman–Crippen LogP) is 3.15. The van der Waals surface area contributed by atoms with Gasteiger partial charge in [0.05, 0.1) is 28.8 Å². The van der Waals surface area contributed by atoms with E-state index >= 15 is 0 Å². The van der Waals surface area contributed by atoms with Crippen molar-refractivity contribution in [1.29, 1.82) is 5.26 Å². The lowest BCUT2D eigenvalue weighted by atomic mass is 9.83. The van der Waals surface area contributed by atoms with Crippen LogP contribution in [0.25, 0.3) is 11.3 Å². The summed E-state index contributed by atoms with van der Waals surface area (Å²) >= 11 is 0. The topological polar surface area (TPSA) is 82.7 Å². The molecule has 2 bridgehead atoms. The van der Waals surface area contributed by atoms with Crippen molar-refractivity contribution >= 4 is 5.82 Å². The molecule has 0 fully saturated rings. The summed E-state index contributed by atoms with van der Waals surface area (Å²) in [4.78, 5) is 11.7. The molecule has 0 aliphatic carbocycles. The van der Waals surface area contributed by atoms with Crippen LogP contribution in [0.2, 0.25) is 0 Å². The van der Waals surface area contributed by atoms with Crippen LogP contribution in [0.15, 0.2) is 24.4 Å². The Morgan fingerprint density at radius 2 is 2.10 bits per heavy atom. The maximum Gasteiger partial charge on any atom is 0.148 e. The largest absolute Gasteiger partial charge is 0.368 e. The van der Waals surface area contributed by atoms with Crippen LogP contribution in [0.5, 0.6) is 0 Å². The zero-order chi connectivity index (χ0) is 21.0. The standard InChI is InChI=1S/C22H22FN7/c1-12-15-6-14(23)5-4-13(15)10-29(2)11-18-20(19(7-24)30(3)28-18)17-9-26-22-21(27-17)16(12)8-25-22/h4-6,9,12,16H,8,10-11H2,1-3H3,(H,25,26). The summed E-state index contributed by atoms with van der Waals surface area (Å²) in [6.07, 6.45) is 1.71. The third kappa shape index (κ3) is 2.85. The van der Waals surface area contributed by atoms with Crippen molar-refractivity contribution in [2.45, 2.75) is 31.8 Å². The molecule has 2 aliphatic rings. The molecule has 0 spiro atoms. The van der Waals surface area contributed by atoms with Crippen molar-refractivity contribution in [3.63, 3.8) is 0 Å². The first kappa shape index (κ1) is 18.7. The average molecular weight is 403 g/mol. The molecule has 30 heavy (non-hydrogen) atoms. The molecule has 4 heterocycles. The summed E-state index contributed by atoms with van der Waals surface area (Å²) in [6.45, 7) is 4.01. The zero-order valence-electron chi connectivity index (χ0n) is 17.1. The molecule has 7 nitrogen and oxygen atoms in total. The van der Waals surface area contributed by atoms with Gasteiger partial charge in [-0.3, -0.25) is 9.58 Å². The lowest BCUT2D eigenvalue weighted by Crippen LogP contribution is -2.21. The summed E-state index contributed by atoms with van der Waals surface area (Å²) in [5.41, 5.74) is 5.59. The van der Waals surface area contributed by atoms with E-state index in [0.29, 0.717) is 31.0 Å². The number of aryl methyl sites for hydroxylation is 1. The number of hydrogen-bond donors (Lipinski definition) is 1. The van der Waals surface area contributed by atoms with E-state index in [1.165, 1.54) is 6.07 Å². The van der Waals surface area contributed by atoms with Gasteiger partial charge in [0.1, 0.15) is 23.4 Å². The number of fused-ring (bicyclic) bond motifs is 4. The summed E-state index contributed by atoms with van der Waals surface area (Å²) < 4.78 is 15.8. The highest BCUT2D eigenvalue weighted by Crippen LogP contribution is 2.42. The maximum absolute atomic E-state index is 14.2. The van der Waals surface area contributed by atoms with Gasteiger partial charge in [0.2, 0.25) is 0 Å². The van der Waals surface area contributed by atoms with E-state index in [4.69, 9.17) is 4.98 Å². The molecule has 3 aromatic rings. The molecule has 8 heteroatoms. The molecule has 0 radical (unpaired) electrons. The van der Waals surface area contributed by atoms with Crippen LogP contribution in [-0.2, 0) is 20.1 Å². The average Bonchev–Trinajstić information content (AvgIpc) is 3.27. The highest BCUT2D eigenvalue weighted by atomic mass is 19.1. The smallest absolute Gasteiger partial charge is 0.148 e. The molecule has 1 N–H and O–H groups in total. The molecule has 0 saturated heterocycles. The van der Waals surface area contributed by atoms with Gasteiger partial charge >= 0.3 is 0 Å². The van der Waals surface area contributed by atoms with Crippen LogP contribution in [0.4, 0.5) is 10.2 Å². The summed E-state index contributed by atoms with van der Waals surface area (Å²) in [5.74, 6) is 0.646. The van der Waals surface area contributed by atoms with E-state index in [-0.39, 0.29) is 17.7 Å². The monoisotopic (exact) mass is 403 g/mol. The van der Waals surface area contributed by atoms with E-state index in [2.05, 4.69) is 33.3 Å². The van der Waals surface area contributed by atoms with Gasteiger partial charge in [-0.25, -0.2) is 14.4 Å². The van der Waals surface area contributed by atoms with E-state index in [9.17, 15) is 9.65 Å². The van der Waals surface area contributed by atoms with Crippen molar-refractivity contribution in [3.05, 3.63) is 58.4 Å². The number of benzene rings is 1. The van der Waals surface area contributed by atoms with Gasteiger partial charge in [0.15, 0.2) is 0 Å². The molecular formula is C22H22FN7. The lowest BCUT2D eigenvalue weighted by Gasteiger charge is -2.25. The Hall–Kier alpha value is -3.31. The van der Waals surface area contributed by atoms with Gasteiger partial charge in [0, 0.05) is 32.6 Å². The van der Waals surface area contributed by atoms with Crippen molar-refractivity contribution in [3.8, 4) is 17.3 Å². The third-order valence-corrected chi connectivity index (χ3v) is 6.18. The van der Waals surface area contributed by atoms with Crippen LogP contribution < -0.4 is 5.32 Å². The van der Waals surface area contributed by atoms with Crippen LogP contribution >= 0.6 is 0 Å². The Morgan fingerprint density at radius 3 is 2.90 bits per heavy atom. The van der Waals surface area contributed by atoms with E-state index in [1.807, 2.05) is 13.1 Å². The zero-order valence-corrected chi connectivity index (χ0v) is 17.1. The third-order valence-electron chi connectivity index (χ3n) is 6.18. The molecular weight excluding hydrogens is 381 g/mol. The van der Waals surface area contributed by atoms with Gasteiger partial charge in [-0.05, 0) is 36.2 Å². The molecule has 152 valence electrons. The summed E-state index contributed by atoms with van der Waals surface area (Å²) in [5, 5.41) is 17.7. The molecule has 2 aromatic heterocycles. The fourth-order valence-corrected chi connectivity index (χ4v) is 4.68. The molecule has 5 rings (SSSR count). The SMILES string of the molecule is CC1c2cc(F)ccc2CN(C)Cc2nn(C)c(C#N)c2-c2cnc3c(n2)C1CN3. The fourth-order valence-electron chi connectivity index (χ4n) is 4.68. The first-order valence-corrected chi connectivity index (χ1v) is 10.00. The van der Waals surface area contributed by atoms with E-state index < -0.39 is 0 Å². The second-order valence-electron chi connectivity index (χ2n) is 8.19. The minimum absolute atomic E-state index is 0.0587. The number of halogens is 1. The van der Waals surface area contributed by atoms with Crippen LogP contribution in [0.1, 0.15) is 47.0 Å². The van der Waals surface area contributed by atoms with Crippen molar-refractivity contribution in [1.82, 2.24) is 24.6 Å². The summed E-state index contributed by atoms with van der Waals surface area (Å²) in [7, 11) is 3.78. The lowest BCUT2D eigenvalue weighted by molar-refractivity contribution is 0.312. The van der Waals surface area contributed by atoms with Crippen molar-refractivity contribution < 1.29 is 4.39 Å². The highest BCUT2D eigenvalue weighted by Gasteiger charge is 2.33. The highest BCUT2D eigenvalue weighted by molar-refractivity contribution is 5.69. The Kier molecular flexibility index (Phi) is 4.29. The number of rotatable bonds is 0. The molecule has 0 saturated carbocycles. The van der Waals surface area contributed by atoms with Crippen LogP contribution in [0.3, 0.4) is 0 Å². The second-order valence-corrected chi connectivity index (χ2v) is 8.19. The van der Waals surface area contributed by atoms with Gasteiger partial charge in [0.25, 0.3) is 0 Å². The normalized spacial score (nSPS) is 20.4. The first-order chi connectivity index (χ1) is 14.5. The van der Waals surface area contributed by atoms with Gasteiger partial charge in [-0.1, -0.05) is 13.0 Å². The fraction of sp³-hybridized carbons (Fsp3) is 0.364. The number of hydrogen-bond acceptors (Lipinski definition) is 6. The van der Waals surface area contributed by atoms with Gasteiger partial charge < -0.3 is 5.32 Å². The van der Waals surface area contributed by atoms with Crippen LogP contribution in [-0.4, -0.2) is 38.2 Å². The quantitative estimate of drug-likeness (QED) is 0.621. The molecule has 2 atom stereocenters. The minimum Gasteiger partial charge on any atom is -0.368 e. The number of anilines is 1. The van der Waals surface area contributed by atoms with Gasteiger partial charge in [-0.15, -0.1) is 0 Å². The Balaban J connectivity index is 1.75. The summed E-state index contributed by atoms with van der Waals surface area (Å²) in [6, 6.07) is 7.30. The Morgan fingerprint density at radius 1 is 1.27 bits per heavy atom. The van der Waals surface area contributed by atoms with Gasteiger partial charge in [-0.2, -0.15) is 10.4 Å². The first-order valence-electron chi connectivity index (χ1n) is 10.00. The number of nitriles is 1. The van der Waals surface area contributed by atoms with Crippen LogP contribution in [0, 0.1) is 17.1 Å². The van der Waals surface area contributed by atoms with Crippen molar-refractivity contribution in [2.75, 3.05) is 18.9 Å². The number of nitrogens with zero attached hydrogens (tertiary/aromatic N) is 6.